The molecule has 7 heterocycles. The van der Waals surface area contributed by atoms with Crippen LogP contribution in [0.4, 0.5) is 34.1 Å². The lowest BCUT2D eigenvalue weighted by Gasteiger charge is -2.26. The van der Waals surface area contributed by atoms with E-state index in [1.807, 2.05) is 58.3 Å². The summed E-state index contributed by atoms with van der Waals surface area (Å²) in [5, 5.41) is 30.6. The van der Waals surface area contributed by atoms with Crippen molar-refractivity contribution in [3.63, 3.8) is 0 Å². The van der Waals surface area contributed by atoms with Crippen molar-refractivity contribution in [2.24, 2.45) is 0 Å². The van der Waals surface area contributed by atoms with Gasteiger partial charge >= 0.3 is 0 Å². The van der Waals surface area contributed by atoms with Crippen LogP contribution in [-0.2, 0) is 5.41 Å². The average Bonchev–Trinajstić information content (AvgIpc) is 1.51. The number of fused-ring (bicyclic) bond motifs is 12. The zero-order valence-corrected chi connectivity index (χ0v) is 81.3. The molecule has 4 aliphatic carbocycles. The Labute approximate surface area is 847 Å². The second-order valence-electron chi connectivity index (χ2n) is 40.1. The molecular formula is C137H78N2O4S3. The number of nitrogens with zero attached hydrogens (tertiary/aromatic N) is 2. The summed E-state index contributed by atoms with van der Waals surface area (Å²) in [7, 11) is 0. The highest BCUT2D eigenvalue weighted by molar-refractivity contribution is 7.27. The van der Waals surface area contributed by atoms with E-state index in [4.69, 9.17) is 17.7 Å². The van der Waals surface area contributed by atoms with Gasteiger partial charge in [-0.15, -0.1) is 34.0 Å². The Hall–Kier alpha value is -18.0. The number of para-hydroxylation sites is 4. The fourth-order valence-corrected chi connectivity index (χ4v) is 29.3. The molecule has 9 heteroatoms. The van der Waals surface area contributed by atoms with Gasteiger partial charge in [-0.05, 0) is 301 Å². The van der Waals surface area contributed by atoms with Crippen LogP contribution in [0.15, 0.2) is 454 Å². The van der Waals surface area contributed by atoms with Crippen molar-refractivity contribution >= 4 is 270 Å². The van der Waals surface area contributed by atoms with Gasteiger partial charge in [-0.25, -0.2) is 0 Å². The minimum Gasteiger partial charge on any atom is -0.456 e. The lowest BCUT2D eigenvalue weighted by Crippen LogP contribution is -2.15. The standard InChI is InChI=1S/C49H31NOS.C48H27NOS.C40H20O2S/c1-49(2)38-18-9-16-34-35-17-10-20-42-45(35)48-43(52-42)27-37(36-23-24-39(49)47(44(34)38)46(36)48)28-11-8-14-30(25-28)50(29-12-4-3-5-13-29)31-21-22-33-32-15-6-7-19-40(32)51-41(33)26-31;1-2-10-32(11-3-1)49(34-20-21-36-31(27-34)17-16-28-8-4-5-13-35(28)36)33-12-6-9-30(26-33)37-22-25-42-48-44(37)38-14-7-15-39-45(38)46-40(50-39)23-18-29-19-24-41(51-42)47(48)43(29)46;1-2-11-28-26(8-1)35-24(9-4-12-29(35)41-28)22-6-3-7-23(20-22)25-16-19-33-40-36(25)27-10-5-13-30-37(27)38-31(42-30)17-14-21-15-18-32(43-33)39(40)34(21)38/h3-27H,1-2H3;1-27H;1-20H. The van der Waals surface area contributed by atoms with Crippen LogP contribution in [0.3, 0.4) is 0 Å². The van der Waals surface area contributed by atoms with Crippen LogP contribution in [0.1, 0.15) is 25.0 Å². The van der Waals surface area contributed by atoms with E-state index in [9.17, 15) is 0 Å². The van der Waals surface area contributed by atoms with Crippen molar-refractivity contribution in [2.75, 3.05) is 9.80 Å². The van der Waals surface area contributed by atoms with Gasteiger partial charge < -0.3 is 27.5 Å². The van der Waals surface area contributed by atoms with E-state index in [0.717, 1.165) is 100 Å². The normalized spacial score (nSPS) is 12.9. The first-order chi connectivity index (χ1) is 72.1. The zero-order chi connectivity index (χ0) is 95.3. The molecule has 0 saturated carbocycles. The molecule has 24 aromatic carbocycles. The van der Waals surface area contributed by atoms with Crippen LogP contribution in [0.25, 0.3) is 291 Å². The number of anilines is 6. The van der Waals surface area contributed by atoms with E-state index in [-0.39, 0.29) is 5.41 Å². The van der Waals surface area contributed by atoms with E-state index in [2.05, 4.69) is 436 Å². The highest BCUT2D eigenvalue weighted by Crippen LogP contribution is 2.63. The highest BCUT2D eigenvalue weighted by Gasteiger charge is 2.41. The summed E-state index contributed by atoms with van der Waals surface area (Å²) in [4.78, 5) is 4.73. The van der Waals surface area contributed by atoms with Crippen molar-refractivity contribution < 1.29 is 17.7 Å². The van der Waals surface area contributed by atoms with Gasteiger partial charge in [0.25, 0.3) is 0 Å². The monoisotopic (exact) mass is 1910 g/mol. The van der Waals surface area contributed by atoms with E-state index >= 15 is 0 Å². The van der Waals surface area contributed by atoms with Crippen molar-refractivity contribution in [2.45, 2.75) is 19.3 Å². The third-order valence-corrected chi connectivity index (χ3v) is 35.4. The molecule has 0 atom stereocenters. The number of furan rings is 4. The van der Waals surface area contributed by atoms with Crippen molar-refractivity contribution in [3.8, 4) is 89.0 Å². The second-order valence-corrected chi connectivity index (χ2v) is 43.3. The van der Waals surface area contributed by atoms with Crippen LogP contribution in [0, 0.1) is 0 Å². The Kier molecular flexibility index (Phi) is 16.6. The molecule has 0 saturated heterocycles. The topological polar surface area (TPSA) is 59.0 Å². The minimum atomic E-state index is -0.0737. The van der Waals surface area contributed by atoms with Crippen LogP contribution in [-0.4, -0.2) is 0 Å². The maximum Gasteiger partial charge on any atom is 0.137 e. The molecule has 0 radical (unpaired) electrons. The molecule has 0 fully saturated rings. The Morgan fingerprint density at radius 3 is 1.25 bits per heavy atom. The van der Waals surface area contributed by atoms with Gasteiger partial charge in [0.2, 0.25) is 0 Å². The lowest BCUT2D eigenvalue weighted by atomic mass is 9.80. The molecule has 31 aromatic rings. The summed E-state index contributed by atoms with van der Waals surface area (Å²) < 4.78 is 33.6. The summed E-state index contributed by atoms with van der Waals surface area (Å²) in [6.07, 6.45) is 0. The summed E-state index contributed by atoms with van der Waals surface area (Å²) in [5.41, 5.74) is 37.2. The molecule has 146 heavy (non-hydrogen) atoms. The Morgan fingerprint density at radius 1 is 0.171 bits per heavy atom. The maximum atomic E-state index is 6.54. The third-order valence-electron chi connectivity index (χ3n) is 32.1. The van der Waals surface area contributed by atoms with E-state index in [0.29, 0.717) is 0 Å². The van der Waals surface area contributed by atoms with Gasteiger partial charge in [-0.3, -0.25) is 0 Å². The number of thiophene rings is 3. The second kappa shape index (κ2) is 30.1. The fourth-order valence-electron chi connectivity index (χ4n) is 25.9. The molecule has 0 N–H and O–H groups in total. The van der Waals surface area contributed by atoms with Crippen LogP contribution in [0.2, 0.25) is 0 Å². The largest absolute Gasteiger partial charge is 0.456 e. The lowest BCUT2D eigenvalue weighted by molar-refractivity contribution is 0.661. The van der Waals surface area contributed by atoms with Gasteiger partial charge in [0, 0.05) is 160 Å². The summed E-state index contributed by atoms with van der Waals surface area (Å²) in [5.74, 6) is 0. The number of benzene rings is 24. The summed E-state index contributed by atoms with van der Waals surface area (Å²) in [6.45, 7) is 4.80. The van der Waals surface area contributed by atoms with E-state index in [1.165, 1.54) is 236 Å². The molecule has 7 aromatic heterocycles. The van der Waals surface area contributed by atoms with Crippen molar-refractivity contribution in [1.29, 1.82) is 0 Å². The summed E-state index contributed by atoms with van der Waals surface area (Å²) >= 11 is 5.70. The number of rotatable bonds is 10. The SMILES string of the molecule is CC1(C)c2cccc3c2-c2c1ccc1c(-c4cccc(N(c5ccccc5)c5ccc6c(c5)oc5ccccc56)c4)cc4sc5cccc-3c5c4c21.c1cc(-c2ccc3sc4ccc5ccc6oc7cccc8c7c6c5c4c3c2-8)cc(-c2cccc3oc4ccccc4c23)c1.c1ccc(N(c2cccc(-c3ccc4sc5ccc6ccc7oc8cccc9c8c7c6c5c4c3-9)c2)c2ccc3c(ccc4ccccc43)c2)cc1. The molecular weight excluding hydrogens is 1830 g/mol. The predicted molar refractivity (Wildman–Crippen MR) is 620 cm³/mol. The quantitative estimate of drug-likeness (QED) is 0.127. The molecule has 678 valence electrons. The van der Waals surface area contributed by atoms with Crippen LogP contribution < -0.4 is 9.80 Å². The van der Waals surface area contributed by atoms with E-state index < -0.39 is 0 Å². The molecule has 0 bridgehead atoms. The fraction of sp³-hybridized carbons (Fsp3) is 0.0219. The third kappa shape index (κ3) is 11.3. The molecule has 4 aliphatic rings. The molecule has 0 unspecified atom stereocenters. The summed E-state index contributed by atoms with van der Waals surface area (Å²) in [6, 6.07) is 159. The molecule has 0 spiro atoms. The first-order valence-electron chi connectivity index (χ1n) is 50.0. The predicted octanol–water partition coefficient (Wildman–Crippen LogP) is 41.4. The highest BCUT2D eigenvalue weighted by atomic mass is 32.1. The van der Waals surface area contributed by atoms with Gasteiger partial charge in [-0.1, -0.05) is 287 Å². The van der Waals surface area contributed by atoms with Gasteiger partial charge in [0.1, 0.15) is 44.7 Å². The van der Waals surface area contributed by atoms with Gasteiger partial charge in [0.15, 0.2) is 0 Å². The Balaban J connectivity index is 0.0000000962. The zero-order valence-electron chi connectivity index (χ0n) is 78.8. The average molecular weight is 1910 g/mol. The van der Waals surface area contributed by atoms with Crippen molar-refractivity contribution in [3.05, 3.63) is 448 Å². The molecule has 0 amide bonds. The smallest absolute Gasteiger partial charge is 0.137 e. The van der Waals surface area contributed by atoms with Crippen LogP contribution >= 0.6 is 34.0 Å². The van der Waals surface area contributed by atoms with Gasteiger partial charge in [0.05, 0.1) is 0 Å². The Morgan fingerprint density at radius 2 is 0.582 bits per heavy atom. The number of hydrogen-bond donors (Lipinski definition) is 0. The molecule has 6 nitrogen and oxygen atoms in total. The minimum absolute atomic E-state index is 0.0737. The first kappa shape index (κ1) is 80.7. The van der Waals surface area contributed by atoms with Crippen molar-refractivity contribution in [1.82, 2.24) is 0 Å². The van der Waals surface area contributed by atoms with Crippen LogP contribution in [0.5, 0.6) is 0 Å². The van der Waals surface area contributed by atoms with Gasteiger partial charge in [-0.2, -0.15) is 0 Å². The maximum absolute atomic E-state index is 6.54. The Bertz CT molecular complexity index is 11300. The van der Waals surface area contributed by atoms with E-state index in [1.54, 1.807) is 0 Å². The molecule has 35 rings (SSSR count). The number of hydrogen-bond acceptors (Lipinski definition) is 9. The molecule has 0 aliphatic heterocycles. The first-order valence-corrected chi connectivity index (χ1v) is 52.5.